The number of aromatic amines is 1. The summed E-state index contributed by atoms with van der Waals surface area (Å²) in [7, 11) is 0. The normalized spacial score (nSPS) is 29.1. The molecule has 2 fully saturated rings. The van der Waals surface area contributed by atoms with E-state index in [2.05, 4.69) is 38.2 Å². The number of fused-ring (bicyclic) bond motifs is 1. The van der Waals surface area contributed by atoms with Crippen LogP contribution in [0.5, 0.6) is 0 Å². The fourth-order valence-corrected chi connectivity index (χ4v) is 5.23. The molecule has 6 nitrogen and oxygen atoms in total. The smallest absolute Gasteiger partial charge is 0.0951 e. The van der Waals surface area contributed by atoms with Crippen LogP contribution in [0.4, 0.5) is 0 Å². The molecule has 2 aromatic rings. The number of morpholine rings is 1. The van der Waals surface area contributed by atoms with Gasteiger partial charge < -0.3 is 9.84 Å². The molecule has 0 bridgehead atoms. The van der Waals surface area contributed by atoms with Gasteiger partial charge in [0, 0.05) is 49.4 Å². The lowest BCUT2D eigenvalue weighted by atomic mass is 9.91. The zero-order valence-corrected chi connectivity index (χ0v) is 16.4. The van der Waals surface area contributed by atoms with E-state index in [4.69, 9.17) is 4.74 Å². The number of H-pyrrole nitrogens is 1. The second kappa shape index (κ2) is 7.95. The average Bonchev–Trinajstić information content (AvgIpc) is 3.34. The SMILES string of the molecule is O[C@@H]1c2ccccc2C[C@H]1N1CCC[C@@H](c2[nH]ncc2CN2CCOCC2)C1. The molecule has 2 N–H and O–H groups in total. The van der Waals surface area contributed by atoms with Gasteiger partial charge in [-0.15, -0.1) is 0 Å². The summed E-state index contributed by atoms with van der Waals surface area (Å²) in [6.45, 7) is 6.65. The van der Waals surface area contributed by atoms with Crippen LogP contribution in [0, 0.1) is 0 Å². The van der Waals surface area contributed by atoms with Gasteiger partial charge in [-0.3, -0.25) is 14.9 Å². The van der Waals surface area contributed by atoms with E-state index in [1.165, 1.54) is 29.7 Å². The maximum Gasteiger partial charge on any atom is 0.0951 e. The van der Waals surface area contributed by atoms with Gasteiger partial charge in [-0.05, 0) is 36.9 Å². The second-order valence-electron chi connectivity index (χ2n) is 8.45. The minimum absolute atomic E-state index is 0.200. The standard InChI is InChI=1S/C22H30N4O2/c27-22-19-6-2-1-4-16(19)12-20(22)26-7-3-5-17(15-26)21-18(13-23-24-21)14-25-8-10-28-11-9-25/h1-2,4,6,13,17,20,22,27H,3,5,7-12,14-15H2,(H,23,24)/t17-,20-,22-/m1/s1. The maximum atomic E-state index is 10.9. The van der Waals surface area contributed by atoms with Crippen molar-refractivity contribution in [3.05, 3.63) is 52.8 Å². The lowest BCUT2D eigenvalue weighted by Gasteiger charge is -2.38. The lowest BCUT2D eigenvalue weighted by molar-refractivity contribution is 0.0334. The third kappa shape index (κ3) is 3.50. The minimum Gasteiger partial charge on any atom is -0.387 e. The number of nitrogens with one attached hydrogen (secondary N) is 1. The largest absolute Gasteiger partial charge is 0.387 e. The first-order chi connectivity index (χ1) is 13.8. The van der Waals surface area contributed by atoms with E-state index in [0.717, 1.165) is 57.9 Å². The summed E-state index contributed by atoms with van der Waals surface area (Å²) in [5.41, 5.74) is 5.03. The van der Waals surface area contributed by atoms with Crippen molar-refractivity contribution < 1.29 is 9.84 Å². The molecule has 3 heterocycles. The lowest BCUT2D eigenvalue weighted by Crippen LogP contribution is -2.44. The predicted molar refractivity (Wildman–Crippen MR) is 107 cm³/mol. The van der Waals surface area contributed by atoms with E-state index in [-0.39, 0.29) is 12.1 Å². The fraction of sp³-hybridized carbons (Fsp3) is 0.591. The van der Waals surface area contributed by atoms with Gasteiger partial charge in [-0.25, -0.2) is 0 Å². The molecule has 1 aromatic carbocycles. The third-order valence-electron chi connectivity index (χ3n) is 6.75. The molecule has 0 unspecified atom stereocenters. The first kappa shape index (κ1) is 18.3. The molecule has 150 valence electrons. The van der Waals surface area contributed by atoms with Gasteiger partial charge in [0.05, 0.1) is 25.5 Å². The molecule has 0 amide bonds. The van der Waals surface area contributed by atoms with E-state index >= 15 is 0 Å². The number of rotatable bonds is 4. The van der Waals surface area contributed by atoms with Crippen LogP contribution in [-0.4, -0.2) is 70.5 Å². The van der Waals surface area contributed by atoms with E-state index in [1.54, 1.807) is 0 Å². The van der Waals surface area contributed by atoms with E-state index < -0.39 is 0 Å². The number of piperidine rings is 1. The van der Waals surface area contributed by atoms with Crippen LogP contribution in [0.2, 0.25) is 0 Å². The summed E-state index contributed by atoms with van der Waals surface area (Å²) in [4.78, 5) is 4.97. The van der Waals surface area contributed by atoms with Gasteiger partial charge in [-0.2, -0.15) is 5.10 Å². The molecule has 0 saturated carbocycles. The Morgan fingerprint density at radius 1 is 1.18 bits per heavy atom. The van der Waals surface area contributed by atoms with Crippen LogP contribution in [0.15, 0.2) is 30.5 Å². The summed E-state index contributed by atoms with van der Waals surface area (Å²) in [5.74, 6) is 0.461. The number of benzene rings is 1. The first-order valence-corrected chi connectivity index (χ1v) is 10.6. The van der Waals surface area contributed by atoms with Crippen molar-refractivity contribution in [3.63, 3.8) is 0 Å². The van der Waals surface area contributed by atoms with Gasteiger partial charge in [-0.1, -0.05) is 24.3 Å². The summed E-state index contributed by atoms with van der Waals surface area (Å²) in [6, 6.07) is 8.55. The highest BCUT2D eigenvalue weighted by Gasteiger charge is 2.37. The fourth-order valence-electron chi connectivity index (χ4n) is 5.23. The van der Waals surface area contributed by atoms with Crippen molar-refractivity contribution in [2.75, 3.05) is 39.4 Å². The van der Waals surface area contributed by atoms with Gasteiger partial charge in [0.2, 0.25) is 0 Å². The Morgan fingerprint density at radius 3 is 2.89 bits per heavy atom. The van der Waals surface area contributed by atoms with Crippen LogP contribution in [-0.2, 0) is 17.7 Å². The molecule has 2 aliphatic heterocycles. The molecule has 1 aromatic heterocycles. The zero-order valence-electron chi connectivity index (χ0n) is 16.4. The Hall–Kier alpha value is -1.73. The molecule has 1 aliphatic carbocycles. The number of ether oxygens (including phenoxy) is 1. The van der Waals surface area contributed by atoms with E-state index in [0.29, 0.717) is 5.92 Å². The Bertz CT molecular complexity index is 801. The first-order valence-electron chi connectivity index (χ1n) is 10.6. The van der Waals surface area contributed by atoms with Crippen molar-refractivity contribution in [3.8, 4) is 0 Å². The Labute approximate surface area is 166 Å². The summed E-state index contributed by atoms with van der Waals surface area (Å²) in [6.07, 6.45) is 4.94. The summed E-state index contributed by atoms with van der Waals surface area (Å²) >= 11 is 0. The Kier molecular flexibility index (Phi) is 5.20. The van der Waals surface area contributed by atoms with Crippen molar-refractivity contribution in [2.24, 2.45) is 0 Å². The summed E-state index contributed by atoms with van der Waals surface area (Å²) in [5, 5.41) is 18.6. The summed E-state index contributed by atoms with van der Waals surface area (Å²) < 4.78 is 5.48. The molecule has 3 aliphatic rings. The van der Waals surface area contributed by atoms with E-state index in [9.17, 15) is 5.11 Å². The highest BCUT2D eigenvalue weighted by Crippen LogP contribution is 2.38. The number of aliphatic hydroxyl groups is 1. The minimum atomic E-state index is -0.371. The zero-order chi connectivity index (χ0) is 18.9. The highest BCUT2D eigenvalue weighted by atomic mass is 16.5. The molecule has 0 radical (unpaired) electrons. The topological polar surface area (TPSA) is 64.6 Å². The van der Waals surface area contributed by atoms with E-state index in [1.807, 2.05) is 12.3 Å². The van der Waals surface area contributed by atoms with Crippen molar-refractivity contribution >= 4 is 0 Å². The Morgan fingerprint density at radius 2 is 2.04 bits per heavy atom. The molecule has 5 rings (SSSR count). The quantitative estimate of drug-likeness (QED) is 0.848. The number of aromatic nitrogens is 2. The molecule has 0 spiro atoms. The Balaban J connectivity index is 1.29. The van der Waals surface area contributed by atoms with Gasteiger partial charge in [0.1, 0.15) is 0 Å². The van der Waals surface area contributed by atoms with Gasteiger partial charge in [0.15, 0.2) is 0 Å². The monoisotopic (exact) mass is 382 g/mol. The highest BCUT2D eigenvalue weighted by molar-refractivity contribution is 5.36. The maximum absolute atomic E-state index is 10.9. The third-order valence-corrected chi connectivity index (χ3v) is 6.75. The number of hydrogen-bond acceptors (Lipinski definition) is 5. The van der Waals surface area contributed by atoms with Crippen LogP contribution in [0.1, 0.15) is 47.2 Å². The van der Waals surface area contributed by atoms with Gasteiger partial charge >= 0.3 is 0 Å². The molecular weight excluding hydrogens is 352 g/mol. The predicted octanol–water partition coefficient (Wildman–Crippen LogP) is 2.08. The van der Waals surface area contributed by atoms with Crippen LogP contribution in [0.25, 0.3) is 0 Å². The van der Waals surface area contributed by atoms with Crippen LogP contribution < -0.4 is 0 Å². The second-order valence-corrected chi connectivity index (χ2v) is 8.45. The number of likely N-dealkylation sites (tertiary alicyclic amines) is 1. The number of nitrogens with zero attached hydrogens (tertiary/aromatic N) is 3. The van der Waals surface area contributed by atoms with Crippen LogP contribution in [0.3, 0.4) is 0 Å². The van der Waals surface area contributed by atoms with Crippen molar-refractivity contribution in [1.82, 2.24) is 20.0 Å². The van der Waals surface area contributed by atoms with Crippen molar-refractivity contribution in [1.29, 1.82) is 0 Å². The molecular formula is C22H30N4O2. The molecule has 2 saturated heterocycles. The molecule has 3 atom stereocenters. The molecule has 6 heteroatoms. The molecule has 28 heavy (non-hydrogen) atoms. The van der Waals surface area contributed by atoms with Gasteiger partial charge in [0.25, 0.3) is 0 Å². The van der Waals surface area contributed by atoms with Crippen molar-refractivity contribution in [2.45, 2.75) is 43.9 Å². The average molecular weight is 383 g/mol. The van der Waals surface area contributed by atoms with Crippen LogP contribution >= 0.6 is 0 Å². The number of aliphatic hydroxyl groups excluding tert-OH is 1. The number of hydrogen-bond donors (Lipinski definition) is 2.